The summed E-state index contributed by atoms with van der Waals surface area (Å²) in [6, 6.07) is 6.47. The second-order valence-electron chi connectivity index (χ2n) is 6.14. The number of likely N-dealkylation sites (tertiary alicyclic amines) is 1. The Kier molecular flexibility index (Phi) is 4.51. The first-order chi connectivity index (χ1) is 10.2. The van der Waals surface area contributed by atoms with Crippen LogP contribution in [-0.4, -0.2) is 34.1 Å². The molecular formula is C17H24ClN3. The topological polar surface area (TPSA) is 21.1 Å². The maximum atomic E-state index is 6.12. The summed E-state index contributed by atoms with van der Waals surface area (Å²) in [5, 5.41) is 0. The summed E-state index contributed by atoms with van der Waals surface area (Å²) in [5.41, 5.74) is 3.59. The molecule has 114 valence electrons. The van der Waals surface area contributed by atoms with Crippen LogP contribution < -0.4 is 0 Å². The van der Waals surface area contributed by atoms with Crippen LogP contribution in [0.4, 0.5) is 0 Å². The summed E-state index contributed by atoms with van der Waals surface area (Å²) in [5.74, 6) is 2.24. The van der Waals surface area contributed by atoms with Gasteiger partial charge in [0.15, 0.2) is 0 Å². The number of piperidine rings is 1. The van der Waals surface area contributed by atoms with E-state index in [0.717, 1.165) is 23.8 Å². The van der Waals surface area contributed by atoms with Crippen molar-refractivity contribution in [2.75, 3.05) is 19.6 Å². The van der Waals surface area contributed by atoms with Gasteiger partial charge >= 0.3 is 0 Å². The zero-order valence-electron chi connectivity index (χ0n) is 13.0. The van der Waals surface area contributed by atoms with E-state index in [-0.39, 0.29) is 0 Å². The Labute approximate surface area is 131 Å². The highest BCUT2D eigenvalue weighted by Gasteiger charge is 2.20. The summed E-state index contributed by atoms with van der Waals surface area (Å²) in [7, 11) is 0. The molecule has 1 aliphatic rings. The number of benzene rings is 1. The highest BCUT2D eigenvalue weighted by Crippen LogP contribution is 2.24. The second-order valence-corrected chi connectivity index (χ2v) is 6.41. The van der Waals surface area contributed by atoms with E-state index in [9.17, 15) is 0 Å². The van der Waals surface area contributed by atoms with Gasteiger partial charge in [-0.05, 0) is 63.0 Å². The first kappa shape index (κ1) is 14.9. The molecule has 1 aromatic carbocycles. The van der Waals surface area contributed by atoms with Gasteiger partial charge in [0.1, 0.15) is 5.82 Å². The van der Waals surface area contributed by atoms with E-state index in [1.807, 2.05) is 0 Å². The molecular weight excluding hydrogens is 282 g/mol. The van der Waals surface area contributed by atoms with Crippen LogP contribution in [0.2, 0.25) is 0 Å². The van der Waals surface area contributed by atoms with Gasteiger partial charge in [0.2, 0.25) is 0 Å². The molecule has 2 heterocycles. The molecule has 4 heteroatoms. The van der Waals surface area contributed by atoms with Crippen LogP contribution in [0.25, 0.3) is 11.0 Å². The number of hydrogen-bond donors (Lipinski definition) is 0. The Balaban J connectivity index is 1.84. The van der Waals surface area contributed by atoms with Crippen LogP contribution in [-0.2, 0) is 12.4 Å². The van der Waals surface area contributed by atoms with Crippen LogP contribution >= 0.6 is 11.6 Å². The van der Waals surface area contributed by atoms with Crippen molar-refractivity contribution >= 4 is 22.6 Å². The zero-order chi connectivity index (χ0) is 14.8. The Morgan fingerprint density at radius 1 is 1.29 bits per heavy atom. The van der Waals surface area contributed by atoms with E-state index in [1.54, 1.807) is 0 Å². The standard InChI is InChI=1S/C17H24ClN3/c1-3-20-8-6-14(7-9-20)12-21-16-10-13(2)4-5-15(16)19-17(21)11-18/h4-5,10,14H,3,6-9,11-12H2,1-2H3. The minimum Gasteiger partial charge on any atom is -0.327 e. The minimum absolute atomic E-state index is 0.488. The van der Waals surface area contributed by atoms with Gasteiger partial charge in [0.25, 0.3) is 0 Å². The first-order valence-electron chi connectivity index (χ1n) is 7.95. The predicted molar refractivity (Wildman–Crippen MR) is 88.9 cm³/mol. The summed E-state index contributed by atoms with van der Waals surface area (Å²) < 4.78 is 2.35. The van der Waals surface area contributed by atoms with Crippen molar-refractivity contribution in [1.82, 2.24) is 14.5 Å². The zero-order valence-corrected chi connectivity index (χ0v) is 13.7. The fourth-order valence-electron chi connectivity index (χ4n) is 3.33. The average Bonchev–Trinajstić information content (AvgIpc) is 2.85. The maximum absolute atomic E-state index is 6.12. The Bertz CT molecular complexity index is 612. The van der Waals surface area contributed by atoms with Gasteiger partial charge in [-0.1, -0.05) is 13.0 Å². The molecule has 0 saturated carbocycles. The van der Waals surface area contributed by atoms with Gasteiger partial charge in [-0.25, -0.2) is 4.98 Å². The summed E-state index contributed by atoms with van der Waals surface area (Å²) in [4.78, 5) is 7.23. The van der Waals surface area contributed by atoms with Crippen molar-refractivity contribution in [1.29, 1.82) is 0 Å². The number of nitrogens with zero attached hydrogens (tertiary/aromatic N) is 3. The Hall–Kier alpha value is -1.06. The lowest BCUT2D eigenvalue weighted by molar-refractivity contribution is 0.181. The van der Waals surface area contributed by atoms with E-state index in [4.69, 9.17) is 11.6 Å². The molecule has 0 amide bonds. The monoisotopic (exact) mass is 305 g/mol. The van der Waals surface area contributed by atoms with Crippen molar-refractivity contribution in [3.05, 3.63) is 29.6 Å². The van der Waals surface area contributed by atoms with Gasteiger partial charge in [0.05, 0.1) is 16.9 Å². The number of aromatic nitrogens is 2. The van der Waals surface area contributed by atoms with Gasteiger partial charge < -0.3 is 9.47 Å². The fraction of sp³-hybridized carbons (Fsp3) is 0.588. The number of hydrogen-bond acceptors (Lipinski definition) is 2. The van der Waals surface area contributed by atoms with Crippen molar-refractivity contribution < 1.29 is 0 Å². The summed E-state index contributed by atoms with van der Waals surface area (Å²) >= 11 is 6.12. The van der Waals surface area contributed by atoms with Crippen LogP contribution in [0.1, 0.15) is 31.2 Å². The molecule has 2 aromatic rings. The first-order valence-corrected chi connectivity index (χ1v) is 8.48. The van der Waals surface area contributed by atoms with Crippen LogP contribution in [0.5, 0.6) is 0 Å². The highest BCUT2D eigenvalue weighted by atomic mass is 35.5. The van der Waals surface area contributed by atoms with Gasteiger partial charge in [-0.3, -0.25) is 0 Å². The maximum Gasteiger partial charge on any atom is 0.124 e. The average molecular weight is 306 g/mol. The van der Waals surface area contributed by atoms with Gasteiger partial charge in [-0.2, -0.15) is 0 Å². The van der Waals surface area contributed by atoms with Gasteiger partial charge in [0, 0.05) is 6.54 Å². The smallest absolute Gasteiger partial charge is 0.124 e. The molecule has 0 atom stereocenters. The number of fused-ring (bicyclic) bond motifs is 1. The van der Waals surface area contributed by atoms with Crippen LogP contribution in [0.3, 0.4) is 0 Å². The molecule has 0 spiro atoms. The van der Waals surface area contributed by atoms with Crippen molar-refractivity contribution in [2.45, 2.75) is 39.1 Å². The number of aryl methyl sites for hydroxylation is 1. The third kappa shape index (κ3) is 3.09. The van der Waals surface area contributed by atoms with Crippen molar-refractivity contribution in [3.8, 4) is 0 Å². The Morgan fingerprint density at radius 2 is 2.05 bits per heavy atom. The molecule has 21 heavy (non-hydrogen) atoms. The van der Waals surface area contributed by atoms with Crippen molar-refractivity contribution in [3.63, 3.8) is 0 Å². The molecule has 0 bridgehead atoms. The second kappa shape index (κ2) is 6.37. The predicted octanol–water partition coefficient (Wildman–Crippen LogP) is 3.82. The molecule has 1 saturated heterocycles. The normalized spacial score (nSPS) is 17.7. The van der Waals surface area contributed by atoms with E-state index in [1.165, 1.54) is 43.6 Å². The molecule has 1 aromatic heterocycles. The molecule has 0 radical (unpaired) electrons. The highest BCUT2D eigenvalue weighted by molar-refractivity contribution is 6.16. The molecule has 1 aliphatic heterocycles. The molecule has 0 aliphatic carbocycles. The van der Waals surface area contributed by atoms with E-state index >= 15 is 0 Å². The summed E-state index contributed by atoms with van der Waals surface area (Å²) in [6.07, 6.45) is 2.56. The molecule has 3 nitrogen and oxygen atoms in total. The van der Waals surface area contributed by atoms with Gasteiger partial charge in [-0.15, -0.1) is 11.6 Å². The van der Waals surface area contributed by atoms with E-state index in [0.29, 0.717) is 5.88 Å². The lowest BCUT2D eigenvalue weighted by atomic mass is 9.96. The largest absolute Gasteiger partial charge is 0.327 e. The quantitative estimate of drug-likeness (QED) is 0.801. The SMILES string of the molecule is CCN1CCC(Cn2c(CCl)nc3ccc(C)cc32)CC1. The van der Waals surface area contributed by atoms with E-state index < -0.39 is 0 Å². The lowest BCUT2D eigenvalue weighted by Crippen LogP contribution is -2.34. The number of halogens is 1. The summed E-state index contributed by atoms with van der Waals surface area (Å²) in [6.45, 7) is 9.06. The number of imidazole rings is 1. The fourth-order valence-corrected chi connectivity index (χ4v) is 3.54. The molecule has 0 unspecified atom stereocenters. The number of alkyl halides is 1. The minimum atomic E-state index is 0.488. The third-order valence-corrected chi connectivity index (χ3v) is 4.94. The third-order valence-electron chi connectivity index (χ3n) is 4.70. The molecule has 3 rings (SSSR count). The molecule has 0 N–H and O–H groups in total. The van der Waals surface area contributed by atoms with E-state index in [2.05, 4.69) is 46.5 Å². The van der Waals surface area contributed by atoms with Crippen LogP contribution in [0, 0.1) is 12.8 Å². The lowest BCUT2D eigenvalue weighted by Gasteiger charge is -2.31. The Morgan fingerprint density at radius 3 is 2.71 bits per heavy atom. The van der Waals surface area contributed by atoms with Crippen LogP contribution in [0.15, 0.2) is 18.2 Å². The molecule has 1 fully saturated rings. The van der Waals surface area contributed by atoms with Crippen molar-refractivity contribution in [2.24, 2.45) is 5.92 Å². The number of rotatable bonds is 4.